The fourth-order valence-electron chi connectivity index (χ4n) is 3.25. The second kappa shape index (κ2) is 8.31. The number of aromatic nitrogens is 1. The van der Waals surface area contributed by atoms with E-state index in [1.165, 1.54) is 11.3 Å². The van der Waals surface area contributed by atoms with E-state index in [4.69, 9.17) is 4.74 Å². The molecule has 0 radical (unpaired) electrons. The minimum Gasteiger partial charge on any atom is -0.495 e. The van der Waals surface area contributed by atoms with Gasteiger partial charge in [-0.25, -0.2) is 4.98 Å². The first-order chi connectivity index (χ1) is 12.2. The second-order valence-electron chi connectivity index (χ2n) is 5.95. The monoisotopic (exact) mass is 360 g/mol. The first-order valence-corrected chi connectivity index (χ1v) is 9.43. The summed E-state index contributed by atoms with van der Waals surface area (Å²) in [6, 6.07) is 7.96. The summed E-state index contributed by atoms with van der Waals surface area (Å²) in [7, 11) is 1.70. The summed E-state index contributed by atoms with van der Waals surface area (Å²) in [5, 5.41) is 5.45. The quantitative estimate of drug-likeness (QED) is 0.858. The third kappa shape index (κ3) is 4.11. The first kappa shape index (κ1) is 17.7. The van der Waals surface area contributed by atoms with Crippen molar-refractivity contribution >= 4 is 28.1 Å². The Hall–Kier alpha value is -2.12. The molecule has 2 aromatic rings. The highest BCUT2D eigenvalue weighted by atomic mass is 32.1. The van der Waals surface area contributed by atoms with E-state index < -0.39 is 0 Å². The Kier molecular flexibility index (Phi) is 5.88. The van der Waals surface area contributed by atoms with Crippen molar-refractivity contribution in [1.82, 2.24) is 9.88 Å². The Balaban J connectivity index is 1.61. The van der Waals surface area contributed by atoms with E-state index in [2.05, 4.69) is 33.1 Å². The Labute approximate surface area is 152 Å². The normalized spacial score (nSPS) is 16.5. The number of ether oxygens (including phenoxy) is 1. The fourth-order valence-corrected chi connectivity index (χ4v) is 3.78. The van der Waals surface area contributed by atoms with Crippen LogP contribution < -0.4 is 15.0 Å². The van der Waals surface area contributed by atoms with Gasteiger partial charge in [-0.2, -0.15) is 0 Å². The van der Waals surface area contributed by atoms with Crippen molar-refractivity contribution in [1.29, 1.82) is 0 Å². The van der Waals surface area contributed by atoms with E-state index in [1.54, 1.807) is 13.3 Å². The zero-order chi connectivity index (χ0) is 17.6. The van der Waals surface area contributed by atoms with Crippen molar-refractivity contribution < 1.29 is 9.53 Å². The van der Waals surface area contributed by atoms with Gasteiger partial charge in [0.05, 0.1) is 18.8 Å². The number of hydrogen-bond donors (Lipinski definition) is 1. The number of thiazole rings is 1. The summed E-state index contributed by atoms with van der Waals surface area (Å²) in [5.74, 6) is 0.924. The van der Waals surface area contributed by atoms with Crippen LogP contribution in [0.5, 0.6) is 5.75 Å². The van der Waals surface area contributed by atoms with Crippen molar-refractivity contribution in [3.63, 3.8) is 0 Å². The lowest BCUT2D eigenvalue weighted by Crippen LogP contribution is -2.53. The van der Waals surface area contributed by atoms with Crippen molar-refractivity contribution in [2.24, 2.45) is 0 Å². The predicted molar refractivity (Wildman–Crippen MR) is 102 cm³/mol. The van der Waals surface area contributed by atoms with Crippen LogP contribution in [0.2, 0.25) is 0 Å². The molecule has 1 fully saturated rings. The Morgan fingerprint density at radius 3 is 2.72 bits per heavy atom. The molecule has 1 aromatic heterocycles. The van der Waals surface area contributed by atoms with E-state index in [0.29, 0.717) is 5.13 Å². The number of benzene rings is 1. The number of nitrogens with one attached hydrogen (secondary N) is 1. The molecule has 1 saturated heterocycles. The topological polar surface area (TPSA) is 57.7 Å². The molecule has 3 rings (SSSR count). The highest BCUT2D eigenvalue weighted by molar-refractivity contribution is 7.13. The molecular weight excluding hydrogens is 336 g/mol. The summed E-state index contributed by atoms with van der Waals surface area (Å²) < 4.78 is 5.47. The van der Waals surface area contributed by atoms with Gasteiger partial charge >= 0.3 is 0 Å². The molecule has 0 spiro atoms. The maximum atomic E-state index is 12.6. The Bertz CT molecular complexity index is 684. The van der Waals surface area contributed by atoms with E-state index >= 15 is 0 Å². The Morgan fingerprint density at radius 2 is 2.08 bits per heavy atom. The molecule has 1 aromatic carbocycles. The van der Waals surface area contributed by atoms with Crippen LogP contribution in [0.25, 0.3) is 0 Å². The zero-order valence-electron chi connectivity index (χ0n) is 14.6. The molecule has 134 valence electrons. The van der Waals surface area contributed by atoms with Gasteiger partial charge in [-0.15, -0.1) is 11.3 Å². The predicted octanol–water partition coefficient (Wildman–Crippen LogP) is 2.69. The molecule has 7 heteroatoms. The molecule has 2 heterocycles. The van der Waals surface area contributed by atoms with Crippen LogP contribution in [-0.4, -0.2) is 55.1 Å². The van der Waals surface area contributed by atoms with Gasteiger partial charge in [-0.3, -0.25) is 9.69 Å². The molecular formula is C18H24N4O2S. The number of methoxy groups -OCH3 is 1. The second-order valence-corrected chi connectivity index (χ2v) is 6.84. The third-order valence-electron chi connectivity index (χ3n) is 4.53. The largest absolute Gasteiger partial charge is 0.495 e. The number of piperazine rings is 1. The van der Waals surface area contributed by atoms with Crippen LogP contribution in [0.15, 0.2) is 35.8 Å². The maximum Gasteiger partial charge on any atom is 0.243 e. The van der Waals surface area contributed by atoms with E-state index in [1.807, 2.05) is 23.6 Å². The molecule has 1 atom stereocenters. The summed E-state index contributed by atoms with van der Waals surface area (Å²) >= 11 is 1.44. The van der Waals surface area contributed by atoms with Crippen LogP contribution in [0.4, 0.5) is 10.8 Å². The number of rotatable bonds is 6. The molecule has 1 aliphatic heterocycles. The van der Waals surface area contributed by atoms with E-state index in [0.717, 1.165) is 44.0 Å². The summed E-state index contributed by atoms with van der Waals surface area (Å²) in [4.78, 5) is 21.3. The average molecular weight is 360 g/mol. The lowest BCUT2D eigenvalue weighted by Gasteiger charge is -2.39. The molecule has 0 saturated carbocycles. The van der Waals surface area contributed by atoms with Crippen LogP contribution >= 0.6 is 11.3 Å². The highest BCUT2D eigenvalue weighted by Gasteiger charge is 2.28. The van der Waals surface area contributed by atoms with Crippen LogP contribution in [0, 0.1) is 0 Å². The van der Waals surface area contributed by atoms with Crippen molar-refractivity contribution in [2.75, 3.05) is 43.5 Å². The van der Waals surface area contributed by atoms with Crippen molar-refractivity contribution in [3.8, 4) is 5.75 Å². The lowest BCUT2D eigenvalue weighted by molar-refractivity contribution is -0.121. The van der Waals surface area contributed by atoms with Crippen LogP contribution in [0.3, 0.4) is 0 Å². The molecule has 6 nitrogen and oxygen atoms in total. The standard InChI is InChI=1S/C18H24N4O2S/c1-3-14(17(23)20-18-19-8-13-25-18)21-9-11-22(12-10-21)15-6-4-5-7-16(15)24-2/h4-8,13-14H,3,9-12H2,1-2H3,(H,19,20,23)/t14-/m0/s1. The zero-order valence-corrected chi connectivity index (χ0v) is 15.5. The minimum absolute atomic E-state index is 0.0307. The fraction of sp³-hybridized carbons (Fsp3) is 0.444. The van der Waals surface area contributed by atoms with E-state index in [9.17, 15) is 4.79 Å². The van der Waals surface area contributed by atoms with Gasteiger partial charge in [0, 0.05) is 37.8 Å². The average Bonchev–Trinajstić information content (AvgIpc) is 3.16. The van der Waals surface area contributed by atoms with Gasteiger partial charge in [0.1, 0.15) is 5.75 Å². The molecule has 0 aliphatic carbocycles. The minimum atomic E-state index is -0.122. The number of para-hydroxylation sites is 2. The van der Waals surface area contributed by atoms with Gasteiger partial charge in [-0.1, -0.05) is 19.1 Å². The Morgan fingerprint density at radius 1 is 1.32 bits per heavy atom. The summed E-state index contributed by atoms with van der Waals surface area (Å²) in [6.07, 6.45) is 2.49. The first-order valence-electron chi connectivity index (χ1n) is 8.55. The number of hydrogen-bond acceptors (Lipinski definition) is 6. The smallest absolute Gasteiger partial charge is 0.243 e. The highest BCUT2D eigenvalue weighted by Crippen LogP contribution is 2.28. The number of carbonyl (C=O) groups is 1. The van der Waals surface area contributed by atoms with Gasteiger partial charge in [0.2, 0.25) is 5.91 Å². The molecule has 25 heavy (non-hydrogen) atoms. The number of nitrogens with zero attached hydrogens (tertiary/aromatic N) is 3. The summed E-state index contributed by atoms with van der Waals surface area (Å²) in [6.45, 7) is 5.51. The lowest BCUT2D eigenvalue weighted by atomic mass is 10.1. The number of carbonyl (C=O) groups excluding carboxylic acids is 1. The van der Waals surface area contributed by atoms with E-state index in [-0.39, 0.29) is 11.9 Å². The molecule has 1 aliphatic rings. The van der Waals surface area contributed by atoms with Gasteiger partial charge < -0.3 is 15.0 Å². The number of anilines is 2. The third-order valence-corrected chi connectivity index (χ3v) is 5.22. The summed E-state index contributed by atoms with van der Waals surface area (Å²) in [5.41, 5.74) is 1.12. The maximum absolute atomic E-state index is 12.6. The molecule has 1 amide bonds. The van der Waals surface area contributed by atoms with Gasteiger partial charge in [0.15, 0.2) is 5.13 Å². The molecule has 0 bridgehead atoms. The van der Waals surface area contributed by atoms with Crippen LogP contribution in [-0.2, 0) is 4.79 Å². The SMILES string of the molecule is CC[C@@H](C(=O)Nc1nccs1)N1CCN(c2ccccc2OC)CC1. The number of amides is 1. The van der Waals surface area contributed by atoms with Crippen molar-refractivity contribution in [3.05, 3.63) is 35.8 Å². The molecule has 1 N–H and O–H groups in total. The van der Waals surface area contributed by atoms with Crippen molar-refractivity contribution in [2.45, 2.75) is 19.4 Å². The van der Waals surface area contributed by atoms with Crippen LogP contribution in [0.1, 0.15) is 13.3 Å². The van der Waals surface area contributed by atoms with Gasteiger partial charge in [-0.05, 0) is 18.6 Å². The molecule has 0 unspecified atom stereocenters. The van der Waals surface area contributed by atoms with Gasteiger partial charge in [0.25, 0.3) is 0 Å².